The van der Waals surface area contributed by atoms with Crippen molar-refractivity contribution in [1.29, 1.82) is 5.26 Å². The van der Waals surface area contributed by atoms with Crippen LogP contribution in [-0.2, 0) is 0 Å². The summed E-state index contributed by atoms with van der Waals surface area (Å²) >= 11 is 0. The van der Waals surface area contributed by atoms with E-state index in [1.165, 1.54) is 0 Å². The van der Waals surface area contributed by atoms with E-state index in [1.807, 2.05) is 11.8 Å². The van der Waals surface area contributed by atoms with Crippen molar-refractivity contribution in [1.82, 2.24) is 4.90 Å². The summed E-state index contributed by atoms with van der Waals surface area (Å²) in [6, 6.07) is 8.99. The minimum atomic E-state index is -0.802. The number of likely N-dealkylation sites (N-methyl/N-ethyl adjacent to an activating group) is 1. The Balaban J connectivity index is 2.50. The lowest BCUT2D eigenvalue weighted by Crippen LogP contribution is -2.43. The van der Waals surface area contributed by atoms with Gasteiger partial charge in [0, 0.05) is 13.1 Å². The first-order valence-corrected chi connectivity index (χ1v) is 7.10. The van der Waals surface area contributed by atoms with E-state index in [4.69, 9.17) is 10.00 Å². The summed E-state index contributed by atoms with van der Waals surface area (Å²) in [5.41, 5.74) is -0.349. The van der Waals surface area contributed by atoms with E-state index in [1.54, 1.807) is 38.1 Å². The van der Waals surface area contributed by atoms with Gasteiger partial charge >= 0.3 is 0 Å². The van der Waals surface area contributed by atoms with Gasteiger partial charge in [-0.25, -0.2) is 0 Å². The van der Waals surface area contributed by atoms with Crippen molar-refractivity contribution in [3.8, 4) is 11.8 Å². The van der Waals surface area contributed by atoms with Crippen LogP contribution in [0.2, 0.25) is 0 Å². The summed E-state index contributed by atoms with van der Waals surface area (Å²) in [5, 5.41) is 28.8. The molecule has 0 radical (unpaired) electrons. The Hall–Kier alpha value is -1.61. The molecule has 21 heavy (non-hydrogen) atoms. The van der Waals surface area contributed by atoms with Crippen LogP contribution in [0.15, 0.2) is 24.3 Å². The Kier molecular flexibility index (Phi) is 6.63. The van der Waals surface area contributed by atoms with E-state index in [0.717, 1.165) is 6.54 Å². The quantitative estimate of drug-likeness (QED) is 0.757. The molecular formula is C16H24N2O3. The summed E-state index contributed by atoms with van der Waals surface area (Å²) in [6.07, 6.45) is -0.681. The molecule has 0 aliphatic carbocycles. The molecule has 1 rings (SSSR count). The molecule has 1 aromatic carbocycles. The van der Waals surface area contributed by atoms with Crippen molar-refractivity contribution < 1.29 is 14.9 Å². The summed E-state index contributed by atoms with van der Waals surface area (Å²) in [6.45, 7) is 7.19. The molecule has 0 heterocycles. The second-order valence-corrected chi connectivity index (χ2v) is 5.71. The summed E-state index contributed by atoms with van der Waals surface area (Å²) < 4.78 is 5.50. The molecule has 0 spiro atoms. The van der Waals surface area contributed by atoms with Crippen LogP contribution in [0.3, 0.4) is 0 Å². The first-order chi connectivity index (χ1) is 9.85. The van der Waals surface area contributed by atoms with E-state index in [9.17, 15) is 10.2 Å². The van der Waals surface area contributed by atoms with Crippen molar-refractivity contribution in [3.05, 3.63) is 29.8 Å². The van der Waals surface area contributed by atoms with E-state index in [-0.39, 0.29) is 6.61 Å². The zero-order valence-corrected chi connectivity index (χ0v) is 12.9. The number of hydrogen-bond acceptors (Lipinski definition) is 5. The van der Waals surface area contributed by atoms with Gasteiger partial charge in [0.05, 0.1) is 11.2 Å². The number of nitrogens with zero attached hydrogens (tertiary/aromatic N) is 2. The largest absolute Gasteiger partial charge is 0.489 e. The molecule has 5 nitrogen and oxygen atoms in total. The number of hydrogen-bond donors (Lipinski definition) is 2. The highest BCUT2D eigenvalue weighted by molar-refractivity contribution is 5.42. The van der Waals surface area contributed by atoms with Gasteiger partial charge in [0.2, 0.25) is 0 Å². The van der Waals surface area contributed by atoms with Crippen molar-refractivity contribution in [2.45, 2.75) is 32.5 Å². The van der Waals surface area contributed by atoms with Crippen molar-refractivity contribution in [3.63, 3.8) is 0 Å². The monoisotopic (exact) mass is 292 g/mol. The SMILES string of the molecule is CCN(CC(O)COc1ccccc1C#N)CC(C)(C)O. The molecule has 1 aromatic rings. The number of benzene rings is 1. The Morgan fingerprint density at radius 3 is 2.62 bits per heavy atom. The molecule has 5 heteroatoms. The Labute approximate surface area is 126 Å². The van der Waals surface area contributed by atoms with Gasteiger partial charge in [0.1, 0.15) is 24.5 Å². The first-order valence-electron chi connectivity index (χ1n) is 7.10. The van der Waals surface area contributed by atoms with E-state index < -0.39 is 11.7 Å². The van der Waals surface area contributed by atoms with Crippen LogP contribution in [-0.4, -0.2) is 53.1 Å². The molecule has 0 bridgehead atoms. The molecule has 0 saturated carbocycles. The van der Waals surface area contributed by atoms with Crippen molar-refractivity contribution >= 4 is 0 Å². The fourth-order valence-corrected chi connectivity index (χ4v) is 2.07. The minimum absolute atomic E-state index is 0.112. The second-order valence-electron chi connectivity index (χ2n) is 5.71. The predicted molar refractivity (Wildman–Crippen MR) is 81.1 cm³/mol. The van der Waals surface area contributed by atoms with Gasteiger partial charge in [-0.2, -0.15) is 5.26 Å². The number of ether oxygens (including phenoxy) is 1. The number of nitriles is 1. The lowest BCUT2D eigenvalue weighted by molar-refractivity contribution is 0.0115. The molecule has 1 atom stereocenters. The van der Waals surface area contributed by atoms with E-state index in [2.05, 4.69) is 6.07 Å². The highest BCUT2D eigenvalue weighted by atomic mass is 16.5. The Bertz CT molecular complexity index is 477. The van der Waals surface area contributed by atoms with Gasteiger partial charge in [-0.3, -0.25) is 4.90 Å². The average molecular weight is 292 g/mol. The molecule has 0 amide bonds. The first kappa shape index (κ1) is 17.4. The van der Waals surface area contributed by atoms with Crippen LogP contribution in [0.25, 0.3) is 0 Å². The third-order valence-electron chi connectivity index (χ3n) is 2.97. The fourth-order valence-electron chi connectivity index (χ4n) is 2.07. The second kappa shape index (κ2) is 7.99. The Morgan fingerprint density at radius 2 is 2.05 bits per heavy atom. The number of aliphatic hydroxyl groups excluding tert-OH is 1. The lowest BCUT2D eigenvalue weighted by Gasteiger charge is -2.29. The molecule has 116 valence electrons. The topological polar surface area (TPSA) is 76.7 Å². The fraction of sp³-hybridized carbons (Fsp3) is 0.562. The highest BCUT2D eigenvalue weighted by Crippen LogP contribution is 2.16. The normalized spacial score (nSPS) is 13.0. The maximum atomic E-state index is 10.0. The molecule has 0 aromatic heterocycles. The van der Waals surface area contributed by atoms with Gasteiger partial charge in [-0.05, 0) is 32.5 Å². The van der Waals surface area contributed by atoms with Gasteiger partial charge in [0.15, 0.2) is 0 Å². The maximum absolute atomic E-state index is 10.0. The number of para-hydroxylation sites is 1. The third kappa shape index (κ3) is 6.58. The lowest BCUT2D eigenvalue weighted by atomic mass is 10.1. The van der Waals surface area contributed by atoms with Crippen LogP contribution >= 0.6 is 0 Å². The number of aliphatic hydroxyl groups is 2. The molecular weight excluding hydrogens is 268 g/mol. The zero-order chi connectivity index (χ0) is 15.9. The van der Waals surface area contributed by atoms with E-state index >= 15 is 0 Å². The molecule has 0 saturated heterocycles. The van der Waals surface area contributed by atoms with E-state index in [0.29, 0.717) is 24.4 Å². The van der Waals surface area contributed by atoms with Crippen LogP contribution < -0.4 is 4.74 Å². The summed E-state index contributed by atoms with van der Waals surface area (Å²) in [4.78, 5) is 1.96. The smallest absolute Gasteiger partial charge is 0.137 e. The summed E-state index contributed by atoms with van der Waals surface area (Å²) in [7, 11) is 0. The third-order valence-corrected chi connectivity index (χ3v) is 2.97. The number of rotatable bonds is 8. The average Bonchev–Trinajstić information content (AvgIpc) is 2.43. The maximum Gasteiger partial charge on any atom is 0.137 e. The zero-order valence-electron chi connectivity index (χ0n) is 12.9. The van der Waals surface area contributed by atoms with Gasteiger partial charge in [-0.1, -0.05) is 19.1 Å². The summed E-state index contributed by atoms with van der Waals surface area (Å²) in [5.74, 6) is 0.476. The highest BCUT2D eigenvalue weighted by Gasteiger charge is 2.19. The molecule has 2 N–H and O–H groups in total. The van der Waals surface area contributed by atoms with Gasteiger partial charge in [-0.15, -0.1) is 0 Å². The predicted octanol–water partition coefficient (Wildman–Crippen LogP) is 1.39. The molecule has 0 aliphatic rings. The Morgan fingerprint density at radius 1 is 1.38 bits per heavy atom. The van der Waals surface area contributed by atoms with Gasteiger partial charge < -0.3 is 14.9 Å². The van der Waals surface area contributed by atoms with Crippen LogP contribution in [0, 0.1) is 11.3 Å². The van der Waals surface area contributed by atoms with Crippen LogP contribution in [0.1, 0.15) is 26.3 Å². The van der Waals surface area contributed by atoms with Crippen molar-refractivity contribution in [2.24, 2.45) is 0 Å². The standard InChI is InChI=1S/C16H24N2O3/c1-4-18(12-16(2,3)20)10-14(19)11-21-15-8-6-5-7-13(15)9-17/h5-8,14,19-20H,4,10-12H2,1-3H3. The van der Waals surface area contributed by atoms with Crippen LogP contribution in [0.5, 0.6) is 5.75 Å². The van der Waals surface area contributed by atoms with Crippen LogP contribution in [0.4, 0.5) is 0 Å². The van der Waals surface area contributed by atoms with Gasteiger partial charge in [0.25, 0.3) is 0 Å². The minimum Gasteiger partial charge on any atom is -0.489 e. The molecule has 0 fully saturated rings. The molecule has 0 aliphatic heterocycles. The van der Waals surface area contributed by atoms with Crippen molar-refractivity contribution in [2.75, 3.05) is 26.2 Å². The molecule has 1 unspecified atom stereocenters.